The predicted octanol–water partition coefficient (Wildman–Crippen LogP) is 3.39. The quantitative estimate of drug-likeness (QED) is 0.270. The Morgan fingerprint density at radius 1 is 1.09 bits per heavy atom. The van der Waals surface area contributed by atoms with Crippen LogP contribution in [-0.2, 0) is 14.3 Å². The van der Waals surface area contributed by atoms with E-state index in [0.29, 0.717) is 47.5 Å². The summed E-state index contributed by atoms with van der Waals surface area (Å²) in [5.74, 6) is -2.40. The summed E-state index contributed by atoms with van der Waals surface area (Å²) in [7, 11) is 0. The number of hydrogen-bond acceptors (Lipinski definition) is 8. The highest BCUT2D eigenvalue weighted by Crippen LogP contribution is 2.40. The summed E-state index contributed by atoms with van der Waals surface area (Å²) in [5, 5.41) is 0.708. The summed E-state index contributed by atoms with van der Waals surface area (Å²) < 4.78 is 11.0. The van der Waals surface area contributed by atoms with E-state index in [-0.39, 0.29) is 5.78 Å². The summed E-state index contributed by atoms with van der Waals surface area (Å²) >= 11 is 1.26. The summed E-state index contributed by atoms with van der Waals surface area (Å²) in [6.45, 7) is 6.03. The Balaban J connectivity index is 1.40. The van der Waals surface area contributed by atoms with Gasteiger partial charge in [0.2, 0.25) is 5.78 Å². The highest BCUT2D eigenvalue weighted by molar-refractivity contribution is 7.17. The molecule has 0 saturated carbocycles. The molecule has 5 rings (SSSR count). The molecule has 0 spiro atoms. The molecule has 0 bridgehead atoms. The molecule has 1 aromatic carbocycles. The van der Waals surface area contributed by atoms with E-state index in [1.165, 1.54) is 22.5 Å². The number of thiazole rings is 1. The van der Waals surface area contributed by atoms with Crippen molar-refractivity contribution in [3.8, 4) is 10.6 Å². The minimum absolute atomic E-state index is 0.369. The Labute approximate surface area is 207 Å². The Hall–Kier alpha value is -3.14. The van der Waals surface area contributed by atoms with Crippen LogP contribution < -0.4 is 0 Å². The zero-order chi connectivity index (χ0) is 24.4. The van der Waals surface area contributed by atoms with E-state index >= 15 is 0 Å². The number of nitrogens with zero attached hydrogens (tertiary/aromatic N) is 3. The number of hydrogen-bond donors (Lipinski definition) is 0. The average Bonchev–Trinajstić information content (AvgIpc) is 3.60. The monoisotopic (exact) mass is 493 g/mol. The van der Waals surface area contributed by atoms with Crippen molar-refractivity contribution >= 4 is 28.8 Å². The third-order valence-electron chi connectivity index (χ3n) is 6.54. The smallest absolute Gasteiger partial charge is 0.291 e. The molecule has 4 heterocycles. The van der Waals surface area contributed by atoms with Crippen LogP contribution in [0.1, 0.15) is 33.6 Å². The largest absolute Gasteiger partial charge is 0.467 e. The number of benzene rings is 1. The van der Waals surface area contributed by atoms with Gasteiger partial charge in [0.15, 0.2) is 5.78 Å². The number of likely N-dealkylation sites (tertiary alicyclic amines) is 1. The van der Waals surface area contributed by atoms with Crippen LogP contribution in [0.4, 0.5) is 0 Å². The first kappa shape index (κ1) is 23.6. The molecule has 2 fully saturated rings. The van der Waals surface area contributed by atoms with Crippen LogP contribution in [0.2, 0.25) is 0 Å². The van der Waals surface area contributed by atoms with Crippen LogP contribution in [0.25, 0.3) is 10.6 Å². The number of amides is 1. The molecule has 2 atom stereocenters. The van der Waals surface area contributed by atoms with Crippen LogP contribution in [0.3, 0.4) is 0 Å². The Morgan fingerprint density at radius 2 is 1.86 bits per heavy atom. The van der Waals surface area contributed by atoms with Crippen LogP contribution >= 0.6 is 11.3 Å². The van der Waals surface area contributed by atoms with Crippen molar-refractivity contribution in [1.29, 1.82) is 0 Å². The van der Waals surface area contributed by atoms with Gasteiger partial charge in [-0.3, -0.25) is 19.3 Å². The first-order valence-electron chi connectivity index (χ1n) is 11.8. The van der Waals surface area contributed by atoms with Gasteiger partial charge in [0, 0.05) is 31.7 Å². The number of furan rings is 1. The van der Waals surface area contributed by atoms with Crippen molar-refractivity contribution in [3.05, 3.63) is 65.1 Å². The van der Waals surface area contributed by atoms with E-state index in [2.05, 4.69) is 9.88 Å². The minimum atomic E-state index is -1.15. The molecule has 0 N–H and O–H groups in total. The fourth-order valence-electron chi connectivity index (χ4n) is 4.76. The minimum Gasteiger partial charge on any atom is -0.467 e. The van der Waals surface area contributed by atoms with E-state index in [0.717, 1.165) is 25.2 Å². The topological polar surface area (TPSA) is 92.9 Å². The first-order valence-corrected chi connectivity index (χ1v) is 12.6. The Morgan fingerprint density at radius 3 is 2.57 bits per heavy atom. The van der Waals surface area contributed by atoms with Crippen molar-refractivity contribution in [1.82, 2.24) is 14.8 Å². The van der Waals surface area contributed by atoms with Gasteiger partial charge in [-0.25, -0.2) is 4.98 Å². The van der Waals surface area contributed by atoms with Crippen LogP contribution in [-0.4, -0.2) is 71.7 Å². The van der Waals surface area contributed by atoms with Gasteiger partial charge < -0.3 is 14.1 Å². The molecule has 9 heteroatoms. The van der Waals surface area contributed by atoms with Crippen molar-refractivity contribution in [3.63, 3.8) is 0 Å². The summed E-state index contributed by atoms with van der Waals surface area (Å²) in [6, 6.07) is 12.3. The fourth-order valence-corrected chi connectivity index (χ4v) is 5.82. The highest BCUT2D eigenvalue weighted by Gasteiger charge is 2.53. The Kier molecular flexibility index (Phi) is 6.90. The predicted molar refractivity (Wildman–Crippen MR) is 130 cm³/mol. The van der Waals surface area contributed by atoms with Gasteiger partial charge in [-0.1, -0.05) is 30.3 Å². The van der Waals surface area contributed by atoms with E-state index in [1.54, 1.807) is 19.1 Å². The number of morpholine rings is 1. The molecular formula is C26H27N3O5S. The maximum Gasteiger partial charge on any atom is 0.291 e. The SMILES string of the molecule is Cc1nc(-c2ccccc2)sc1C(=O)C1C(=O)C(=O)N(CCCN2CCOCC2)C1c1ccco1. The molecule has 2 aromatic heterocycles. The number of aromatic nitrogens is 1. The summed E-state index contributed by atoms with van der Waals surface area (Å²) in [6.07, 6.45) is 2.19. The first-order chi connectivity index (χ1) is 17.0. The molecule has 1 amide bonds. The molecule has 3 aromatic rings. The van der Waals surface area contributed by atoms with Crippen molar-refractivity contribution < 1.29 is 23.5 Å². The molecule has 35 heavy (non-hydrogen) atoms. The molecule has 8 nitrogen and oxygen atoms in total. The van der Waals surface area contributed by atoms with Gasteiger partial charge >= 0.3 is 0 Å². The van der Waals surface area contributed by atoms with Crippen molar-refractivity contribution in [2.75, 3.05) is 39.4 Å². The van der Waals surface area contributed by atoms with E-state index in [4.69, 9.17) is 9.15 Å². The number of aryl methyl sites for hydroxylation is 1. The molecule has 0 radical (unpaired) electrons. The van der Waals surface area contributed by atoms with Crippen molar-refractivity contribution in [2.24, 2.45) is 5.92 Å². The average molecular weight is 494 g/mol. The third-order valence-corrected chi connectivity index (χ3v) is 7.76. The molecular weight excluding hydrogens is 466 g/mol. The lowest BCUT2D eigenvalue weighted by molar-refractivity contribution is -0.140. The molecule has 182 valence electrons. The zero-order valence-electron chi connectivity index (χ0n) is 19.5. The van der Waals surface area contributed by atoms with Crippen molar-refractivity contribution in [2.45, 2.75) is 19.4 Å². The maximum atomic E-state index is 13.7. The van der Waals surface area contributed by atoms with Crippen LogP contribution in [0, 0.1) is 12.8 Å². The summed E-state index contributed by atoms with van der Waals surface area (Å²) in [5.41, 5.74) is 1.46. The molecule has 0 aliphatic carbocycles. The second-order valence-corrected chi connectivity index (χ2v) is 9.77. The van der Waals surface area contributed by atoms with Gasteiger partial charge in [-0.05, 0) is 25.5 Å². The normalized spacial score (nSPS) is 21.1. The lowest BCUT2D eigenvalue weighted by atomic mass is 9.91. The van der Waals surface area contributed by atoms with Gasteiger partial charge in [0.05, 0.1) is 30.0 Å². The second kappa shape index (κ2) is 10.2. The number of ether oxygens (including phenoxy) is 1. The van der Waals surface area contributed by atoms with Gasteiger partial charge in [-0.2, -0.15) is 0 Å². The van der Waals surface area contributed by atoms with Gasteiger partial charge in [-0.15, -0.1) is 11.3 Å². The third kappa shape index (κ3) is 4.71. The molecule has 2 aliphatic rings. The number of carbonyl (C=O) groups excluding carboxylic acids is 3. The summed E-state index contributed by atoms with van der Waals surface area (Å²) in [4.78, 5) is 48.8. The van der Waals surface area contributed by atoms with E-state index in [1.807, 2.05) is 30.3 Å². The van der Waals surface area contributed by atoms with Crippen LogP contribution in [0.15, 0.2) is 53.1 Å². The fraction of sp³-hybridized carbons (Fsp3) is 0.385. The lowest BCUT2D eigenvalue weighted by Crippen LogP contribution is -2.39. The number of rotatable bonds is 8. The van der Waals surface area contributed by atoms with Crippen LogP contribution in [0.5, 0.6) is 0 Å². The highest BCUT2D eigenvalue weighted by atomic mass is 32.1. The van der Waals surface area contributed by atoms with E-state index in [9.17, 15) is 14.4 Å². The molecule has 2 saturated heterocycles. The van der Waals surface area contributed by atoms with E-state index < -0.39 is 23.7 Å². The van der Waals surface area contributed by atoms with Gasteiger partial charge in [0.1, 0.15) is 22.7 Å². The standard InChI is InChI=1S/C26H27N3O5S/c1-17-24(35-25(27-17)18-7-3-2-4-8-18)22(30)20-21(19-9-5-14-34-19)29(26(32)23(20)31)11-6-10-28-12-15-33-16-13-28/h2-5,7-9,14,20-21H,6,10-13,15-16H2,1H3. The second-order valence-electron chi connectivity index (χ2n) is 8.77. The molecule has 2 aliphatic heterocycles. The molecule has 2 unspecified atom stereocenters. The maximum absolute atomic E-state index is 13.7. The lowest BCUT2D eigenvalue weighted by Gasteiger charge is -2.29. The zero-order valence-corrected chi connectivity index (χ0v) is 20.3. The van der Waals surface area contributed by atoms with Gasteiger partial charge in [0.25, 0.3) is 5.91 Å². The Bertz CT molecular complexity index is 1200. The number of carbonyl (C=O) groups is 3. The number of ketones is 2. The number of Topliss-reactive ketones (excluding diaryl/α,β-unsaturated/α-hetero) is 2.